The Morgan fingerprint density at radius 3 is 1.80 bits per heavy atom. The minimum atomic E-state index is -4.31. The largest absolute Gasteiger partial charge is 0.274 e. The molecule has 0 saturated carbocycles. The smallest absolute Gasteiger partial charge is 0.262 e. The van der Waals surface area contributed by atoms with E-state index in [9.17, 15) is 26.0 Å². The number of halogens is 4. The molecule has 0 aliphatic carbocycles. The molecule has 0 amide bonds. The van der Waals surface area contributed by atoms with E-state index in [0.717, 1.165) is 24.3 Å². The third-order valence-corrected chi connectivity index (χ3v) is 3.73. The summed E-state index contributed by atoms with van der Waals surface area (Å²) in [6.45, 7) is 0. The van der Waals surface area contributed by atoms with Crippen LogP contribution < -0.4 is 4.72 Å². The molecule has 0 unspecified atom stereocenters. The van der Waals surface area contributed by atoms with Gasteiger partial charge < -0.3 is 0 Å². The van der Waals surface area contributed by atoms with E-state index in [1.165, 1.54) is 0 Å². The van der Waals surface area contributed by atoms with Crippen molar-refractivity contribution >= 4 is 15.7 Å². The van der Waals surface area contributed by atoms with Crippen LogP contribution in [-0.4, -0.2) is 8.42 Å². The minimum Gasteiger partial charge on any atom is -0.274 e. The Bertz CT molecular complexity index is 722. The van der Waals surface area contributed by atoms with Crippen molar-refractivity contribution in [1.29, 1.82) is 0 Å². The van der Waals surface area contributed by atoms with Gasteiger partial charge in [-0.25, -0.2) is 26.0 Å². The van der Waals surface area contributed by atoms with Crippen LogP contribution >= 0.6 is 0 Å². The Labute approximate surface area is 111 Å². The summed E-state index contributed by atoms with van der Waals surface area (Å²) in [5.41, 5.74) is -1.00. The van der Waals surface area contributed by atoms with Crippen molar-refractivity contribution in [2.75, 3.05) is 4.72 Å². The molecule has 0 radical (unpaired) electrons. The van der Waals surface area contributed by atoms with Gasteiger partial charge in [0.1, 0.15) is 17.3 Å². The van der Waals surface area contributed by atoms with Crippen LogP contribution in [0.4, 0.5) is 23.2 Å². The summed E-state index contributed by atoms with van der Waals surface area (Å²) in [6, 6.07) is 4.29. The van der Waals surface area contributed by atoms with Crippen molar-refractivity contribution in [1.82, 2.24) is 0 Å². The Morgan fingerprint density at radius 1 is 0.800 bits per heavy atom. The fourth-order valence-electron chi connectivity index (χ4n) is 1.45. The van der Waals surface area contributed by atoms with E-state index >= 15 is 0 Å². The lowest BCUT2D eigenvalue weighted by Gasteiger charge is -2.10. The molecule has 0 spiro atoms. The van der Waals surface area contributed by atoms with Crippen LogP contribution in [0.2, 0.25) is 0 Å². The van der Waals surface area contributed by atoms with Gasteiger partial charge in [-0.15, -0.1) is 0 Å². The van der Waals surface area contributed by atoms with Gasteiger partial charge in [-0.3, -0.25) is 4.72 Å². The molecule has 3 nitrogen and oxygen atoms in total. The molecule has 20 heavy (non-hydrogen) atoms. The van der Waals surface area contributed by atoms with E-state index in [4.69, 9.17) is 0 Å². The highest BCUT2D eigenvalue weighted by Gasteiger charge is 2.20. The van der Waals surface area contributed by atoms with E-state index in [-0.39, 0.29) is 4.90 Å². The highest BCUT2D eigenvalue weighted by Crippen LogP contribution is 2.23. The average Bonchev–Trinajstić information content (AvgIpc) is 2.34. The molecule has 0 aliphatic rings. The van der Waals surface area contributed by atoms with Gasteiger partial charge in [-0.05, 0) is 24.3 Å². The van der Waals surface area contributed by atoms with Gasteiger partial charge in [0.25, 0.3) is 10.0 Å². The zero-order valence-electron chi connectivity index (χ0n) is 9.70. The lowest BCUT2D eigenvalue weighted by Crippen LogP contribution is -2.15. The zero-order valence-corrected chi connectivity index (χ0v) is 10.5. The second kappa shape index (κ2) is 5.12. The highest BCUT2D eigenvalue weighted by atomic mass is 32.2. The number of anilines is 1. The first-order valence-electron chi connectivity index (χ1n) is 5.22. The molecule has 0 aliphatic heterocycles. The van der Waals surface area contributed by atoms with E-state index < -0.39 is 39.0 Å². The molecule has 0 saturated heterocycles. The quantitative estimate of drug-likeness (QED) is 0.886. The fraction of sp³-hybridized carbons (Fsp3) is 0. The maximum absolute atomic E-state index is 13.4. The number of hydrogen-bond acceptors (Lipinski definition) is 2. The lowest BCUT2D eigenvalue weighted by atomic mass is 10.3. The van der Waals surface area contributed by atoms with Crippen LogP contribution in [0.25, 0.3) is 0 Å². The number of rotatable bonds is 3. The summed E-state index contributed by atoms with van der Waals surface area (Å²) in [5, 5.41) is 0. The first-order valence-corrected chi connectivity index (χ1v) is 6.71. The van der Waals surface area contributed by atoms with Gasteiger partial charge in [0.15, 0.2) is 11.6 Å². The Hall–Kier alpha value is -2.09. The van der Waals surface area contributed by atoms with Crippen LogP contribution in [-0.2, 0) is 10.0 Å². The molecule has 1 N–H and O–H groups in total. The second-order valence-electron chi connectivity index (χ2n) is 3.80. The molecule has 0 fully saturated rings. The fourth-order valence-corrected chi connectivity index (χ4v) is 2.52. The predicted molar refractivity (Wildman–Crippen MR) is 63.5 cm³/mol. The summed E-state index contributed by atoms with van der Waals surface area (Å²) >= 11 is 0. The molecular weight excluding hydrogens is 298 g/mol. The average molecular weight is 305 g/mol. The molecule has 2 aromatic carbocycles. The molecule has 8 heteroatoms. The van der Waals surface area contributed by atoms with Crippen LogP contribution in [0.5, 0.6) is 0 Å². The summed E-state index contributed by atoms with van der Waals surface area (Å²) in [6.07, 6.45) is 0. The van der Waals surface area contributed by atoms with Crippen molar-refractivity contribution in [3.8, 4) is 0 Å². The summed E-state index contributed by atoms with van der Waals surface area (Å²) in [4.78, 5) is -0.387. The number of nitrogens with one attached hydrogen (secondary N) is 1. The van der Waals surface area contributed by atoms with Crippen LogP contribution in [0, 0.1) is 23.3 Å². The van der Waals surface area contributed by atoms with Gasteiger partial charge in [-0.2, -0.15) is 0 Å². The third kappa shape index (κ3) is 2.90. The van der Waals surface area contributed by atoms with Gasteiger partial charge in [0.05, 0.1) is 4.90 Å². The summed E-state index contributed by atoms with van der Waals surface area (Å²) in [5.74, 6) is -4.63. The molecule has 0 bridgehead atoms. The summed E-state index contributed by atoms with van der Waals surface area (Å²) < 4.78 is 77.5. The Morgan fingerprint density at radius 2 is 1.30 bits per heavy atom. The number of benzene rings is 2. The van der Waals surface area contributed by atoms with E-state index in [2.05, 4.69) is 0 Å². The van der Waals surface area contributed by atoms with Crippen molar-refractivity contribution in [3.05, 3.63) is 59.7 Å². The van der Waals surface area contributed by atoms with Crippen molar-refractivity contribution in [2.24, 2.45) is 0 Å². The predicted octanol–water partition coefficient (Wildman–Crippen LogP) is 3.04. The van der Waals surface area contributed by atoms with Crippen molar-refractivity contribution < 1.29 is 26.0 Å². The van der Waals surface area contributed by atoms with Crippen LogP contribution in [0.15, 0.2) is 41.3 Å². The number of hydrogen-bond donors (Lipinski definition) is 1. The lowest BCUT2D eigenvalue weighted by molar-refractivity contribution is 0.547. The molecule has 2 rings (SSSR count). The van der Waals surface area contributed by atoms with Gasteiger partial charge >= 0.3 is 0 Å². The zero-order chi connectivity index (χ0) is 14.9. The topological polar surface area (TPSA) is 46.2 Å². The Kier molecular flexibility index (Phi) is 3.67. The molecule has 0 aromatic heterocycles. The maximum Gasteiger partial charge on any atom is 0.262 e. The van der Waals surface area contributed by atoms with E-state index in [0.29, 0.717) is 12.1 Å². The van der Waals surface area contributed by atoms with Crippen molar-refractivity contribution in [3.63, 3.8) is 0 Å². The SMILES string of the molecule is O=S(=O)(Nc1c(F)cc(F)cc1F)c1ccc(F)cc1. The molecule has 2 aromatic rings. The Balaban J connectivity index is 2.41. The van der Waals surface area contributed by atoms with E-state index in [1.807, 2.05) is 0 Å². The standard InChI is InChI=1S/C12H7F4NO2S/c13-7-1-3-9(4-2-7)20(18,19)17-12-10(15)5-8(14)6-11(12)16/h1-6,17H. The minimum absolute atomic E-state index is 0.339. The maximum atomic E-state index is 13.4. The first-order chi connectivity index (χ1) is 9.29. The van der Waals surface area contributed by atoms with Gasteiger partial charge in [0, 0.05) is 12.1 Å². The van der Waals surface area contributed by atoms with E-state index in [1.54, 1.807) is 4.72 Å². The molecule has 0 heterocycles. The second-order valence-corrected chi connectivity index (χ2v) is 5.49. The molecular formula is C12H7F4NO2S. The van der Waals surface area contributed by atoms with Gasteiger partial charge in [-0.1, -0.05) is 0 Å². The van der Waals surface area contributed by atoms with Crippen LogP contribution in [0.3, 0.4) is 0 Å². The third-order valence-electron chi connectivity index (χ3n) is 2.37. The van der Waals surface area contributed by atoms with Crippen molar-refractivity contribution in [2.45, 2.75) is 4.90 Å². The number of sulfonamides is 1. The monoisotopic (exact) mass is 305 g/mol. The first kappa shape index (κ1) is 14.3. The van der Waals surface area contributed by atoms with Crippen LogP contribution in [0.1, 0.15) is 0 Å². The molecule has 0 atom stereocenters. The molecule has 106 valence electrons. The highest BCUT2D eigenvalue weighted by molar-refractivity contribution is 7.92. The summed E-state index contributed by atoms with van der Waals surface area (Å²) in [7, 11) is -4.31. The van der Waals surface area contributed by atoms with Gasteiger partial charge in [0.2, 0.25) is 0 Å². The normalized spacial score (nSPS) is 11.4.